The SMILES string of the molecule is CC(C)(C)c1cc(CN(Cc2cc(C(C)(C)C)c(O)c(C(C)(C)C)c2)c2ccc(Nc3ccccc3)cc2)cc(C(C)(C)C)c1O. The van der Waals surface area contributed by atoms with E-state index in [0.717, 1.165) is 50.4 Å². The summed E-state index contributed by atoms with van der Waals surface area (Å²) in [5, 5.41) is 26.3. The highest BCUT2D eigenvalue weighted by atomic mass is 16.3. The highest BCUT2D eigenvalue weighted by Gasteiger charge is 2.29. The van der Waals surface area contributed by atoms with Crippen LogP contribution in [0, 0.1) is 0 Å². The molecule has 0 unspecified atom stereocenters. The highest BCUT2D eigenvalue weighted by molar-refractivity contribution is 5.63. The van der Waals surface area contributed by atoms with E-state index in [-0.39, 0.29) is 21.7 Å². The van der Waals surface area contributed by atoms with Crippen molar-refractivity contribution in [3.63, 3.8) is 0 Å². The molecule has 0 heterocycles. The van der Waals surface area contributed by atoms with Gasteiger partial charge < -0.3 is 20.4 Å². The van der Waals surface area contributed by atoms with Gasteiger partial charge in [-0.2, -0.15) is 0 Å². The van der Waals surface area contributed by atoms with Gasteiger partial charge in [-0.15, -0.1) is 0 Å². The van der Waals surface area contributed by atoms with Gasteiger partial charge in [-0.05, 0) is 116 Å². The second-order valence-electron chi connectivity index (χ2n) is 17.0. The molecule has 0 spiro atoms. The van der Waals surface area contributed by atoms with E-state index in [1.165, 1.54) is 0 Å². The molecule has 0 aliphatic heterocycles. The van der Waals surface area contributed by atoms with Crippen molar-refractivity contribution in [2.45, 2.75) is 118 Å². The number of anilines is 3. The summed E-state index contributed by atoms with van der Waals surface area (Å²) in [4.78, 5) is 2.41. The van der Waals surface area contributed by atoms with E-state index in [1.807, 2.05) is 18.2 Å². The Bertz CT molecular complexity index is 1490. The molecule has 4 aromatic rings. The van der Waals surface area contributed by atoms with Gasteiger partial charge in [0.25, 0.3) is 0 Å². The third-order valence-corrected chi connectivity index (χ3v) is 8.61. The van der Waals surface area contributed by atoms with E-state index in [4.69, 9.17) is 0 Å². The Labute approximate surface area is 278 Å². The molecule has 4 nitrogen and oxygen atoms in total. The fourth-order valence-corrected chi connectivity index (χ4v) is 5.98. The molecule has 0 bridgehead atoms. The number of phenolic OH excluding ortho intramolecular Hbond substituents is 2. The predicted molar refractivity (Wildman–Crippen MR) is 197 cm³/mol. The molecule has 0 fully saturated rings. The van der Waals surface area contributed by atoms with Gasteiger partial charge in [0.05, 0.1) is 0 Å². The molecule has 246 valence electrons. The Morgan fingerprint density at radius 1 is 0.478 bits per heavy atom. The molecule has 0 aliphatic carbocycles. The Morgan fingerprint density at radius 2 is 0.804 bits per heavy atom. The first-order chi connectivity index (χ1) is 21.1. The van der Waals surface area contributed by atoms with Crippen LogP contribution in [-0.2, 0) is 34.7 Å². The Hall–Kier alpha value is -3.92. The lowest BCUT2D eigenvalue weighted by Crippen LogP contribution is -2.25. The Kier molecular flexibility index (Phi) is 9.65. The molecule has 0 aliphatic rings. The number of phenols is 2. The number of nitrogens with zero attached hydrogens (tertiary/aromatic N) is 1. The minimum atomic E-state index is -0.212. The second kappa shape index (κ2) is 12.7. The van der Waals surface area contributed by atoms with Gasteiger partial charge in [-0.25, -0.2) is 0 Å². The van der Waals surface area contributed by atoms with Crippen molar-refractivity contribution in [3.05, 3.63) is 112 Å². The van der Waals surface area contributed by atoms with Crippen molar-refractivity contribution in [2.75, 3.05) is 10.2 Å². The van der Waals surface area contributed by atoms with Crippen molar-refractivity contribution in [3.8, 4) is 11.5 Å². The summed E-state index contributed by atoms with van der Waals surface area (Å²) in [6.45, 7) is 27.2. The molecule has 0 aromatic heterocycles. The zero-order chi connectivity index (χ0) is 34.2. The lowest BCUT2D eigenvalue weighted by molar-refractivity contribution is 0.422. The molecule has 4 aromatic carbocycles. The maximum atomic E-state index is 11.4. The average Bonchev–Trinajstić information content (AvgIpc) is 2.93. The molecule has 0 saturated carbocycles. The first-order valence-electron chi connectivity index (χ1n) is 16.6. The van der Waals surface area contributed by atoms with E-state index < -0.39 is 0 Å². The summed E-state index contributed by atoms with van der Waals surface area (Å²) in [7, 11) is 0. The number of rotatable bonds is 7. The monoisotopic (exact) mass is 620 g/mol. The van der Waals surface area contributed by atoms with Crippen LogP contribution in [0.25, 0.3) is 0 Å². The van der Waals surface area contributed by atoms with Gasteiger partial charge in [0.2, 0.25) is 0 Å². The number of hydrogen-bond acceptors (Lipinski definition) is 4. The number of hydrogen-bond donors (Lipinski definition) is 3. The summed E-state index contributed by atoms with van der Waals surface area (Å²) in [5.41, 5.74) is 8.50. The molecule has 0 saturated heterocycles. The summed E-state index contributed by atoms with van der Waals surface area (Å²) in [6, 6.07) is 27.6. The van der Waals surface area contributed by atoms with Gasteiger partial charge in [0.1, 0.15) is 11.5 Å². The Balaban J connectivity index is 1.84. The fourth-order valence-electron chi connectivity index (χ4n) is 5.98. The van der Waals surface area contributed by atoms with Crippen LogP contribution in [0.4, 0.5) is 17.1 Å². The van der Waals surface area contributed by atoms with E-state index in [9.17, 15) is 10.2 Å². The quantitative estimate of drug-likeness (QED) is 0.192. The fraction of sp³-hybridized carbons (Fsp3) is 0.429. The topological polar surface area (TPSA) is 55.7 Å². The van der Waals surface area contributed by atoms with Crippen LogP contribution in [0.3, 0.4) is 0 Å². The molecule has 0 amide bonds. The van der Waals surface area contributed by atoms with Crippen molar-refractivity contribution < 1.29 is 10.2 Å². The van der Waals surface area contributed by atoms with Crippen LogP contribution in [-0.4, -0.2) is 10.2 Å². The number of aromatic hydroxyl groups is 2. The van der Waals surface area contributed by atoms with Gasteiger partial charge in [-0.3, -0.25) is 0 Å². The van der Waals surface area contributed by atoms with Gasteiger partial charge >= 0.3 is 0 Å². The van der Waals surface area contributed by atoms with Crippen LogP contribution in [0.15, 0.2) is 78.9 Å². The molecule has 0 radical (unpaired) electrons. The first kappa shape index (κ1) is 34.9. The maximum Gasteiger partial charge on any atom is 0.123 e. The Morgan fingerprint density at radius 3 is 1.13 bits per heavy atom. The lowest BCUT2D eigenvalue weighted by Gasteiger charge is -2.32. The van der Waals surface area contributed by atoms with Crippen LogP contribution in [0.2, 0.25) is 0 Å². The summed E-state index contributed by atoms with van der Waals surface area (Å²) < 4.78 is 0. The van der Waals surface area contributed by atoms with E-state index in [1.54, 1.807) is 0 Å². The van der Waals surface area contributed by atoms with Gasteiger partial charge in [-0.1, -0.05) is 101 Å². The zero-order valence-corrected chi connectivity index (χ0v) is 30.3. The van der Waals surface area contributed by atoms with E-state index in [2.05, 4.69) is 154 Å². The highest BCUT2D eigenvalue weighted by Crippen LogP contribution is 2.42. The number of para-hydroxylation sites is 1. The minimum absolute atomic E-state index is 0.212. The van der Waals surface area contributed by atoms with Crippen molar-refractivity contribution >= 4 is 17.1 Å². The summed E-state index contributed by atoms with van der Waals surface area (Å²) >= 11 is 0. The molecule has 3 N–H and O–H groups in total. The largest absolute Gasteiger partial charge is 0.507 e. The van der Waals surface area contributed by atoms with Crippen LogP contribution in [0.1, 0.15) is 116 Å². The van der Waals surface area contributed by atoms with Gasteiger partial charge in [0.15, 0.2) is 0 Å². The zero-order valence-electron chi connectivity index (χ0n) is 30.3. The summed E-state index contributed by atoms with van der Waals surface area (Å²) in [6.07, 6.45) is 0. The number of benzene rings is 4. The number of nitrogens with one attached hydrogen (secondary N) is 1. The molecular weight excluding hydrogens is 564 g/mol. The summed E-state index contributed by atoms with van der Waals surface area (Å²) in [5.74, 6) is 0.796. The van der Waals surface area contributed by atoms with Crippen LogP contribution < -0.4 is 10.2 Å². The normalized spacial score (nSPS) is 12.7. The molecule has 4 heteroatoms. The predicted octanol–water partition coefficient (Wildman–Crippen LogP) is 11.2. The minimum Gasteiger partial charge on any atom is -0.507 e. The lowest BCUT2D eigenvalue weighted by atomic mass is 9.78. The maximum absolute atomic E-state index is 11.4. The first-order valence-corrected chi connectivity index (χ1v) is 16.6. The van der Waals surface area contributed by atoms with Crippen LogP contribution >= 0.6 is 0 Å². The van der Waals surface area contributed by atoms with Crippen LogP contribution in [0.5, 0.6) is 11.5 Å². The van der Waals surface area contributed by atoms with Crippen molar-refractivity contribution in [1.29, 1.82) is 0 Å². The van der Waals surface area contributed by atoms with E-state index in [0.29, 0.717) is 24.6 Å². The molecule has 0 atom stereocenters. The molecular formula is C42H56N2O2. The molecule has 46 heavy (non-hydrogen) atoms. The van der Waals surface area contributed by atoms with E-state index >= 15 is 0 Å². The van der Waals surface area contributed by atoms with Gasteiger partial charge in [0, 0.05) is 30.2 Å². The second-order valence-corrected chi connectivity index (χ2v) is 17.0. The van der Waals surface area contributed by atoms with Crippen molar-refractivity contribution in [2.24, 2.45) is 0 Å². The molecule has 4 rings (SSSR count). The smallest absolute Gasteiger partial charge is 0.123 e. The third-order valence-electron chi connectivity index (χ3n) is 8.61. The van der Waals surface area contributed by atoms with Crippen molar-refractivity contribution in [1.82, 2.24) is 0 Å². The standard InChI is InChI=1S/C42H56N2O2/c1-39(2,3)33-22-28(23-34(37(33)45)40(4,5)6)26-44(32-20-18-31(19-21-32)43-30-16-14-13-15-17-30)27-29-24-35(41(7,8)9)38(46)36(25-29)42(10,11)12/h13-25,43,45-46H,26-27H2,1-12H3. The average molecular weight is 621 g/mol. The third kappa shape index (κ3) is 8.26.